The molecule has 0 aromatic heterocycles. The number of hydrogen-bond acceptors (Lipinski definition) is 3. The molecule has 1 saturated heterocycles. The van der Waals surface area contributed by atoms with Gasteiger partial charge in [0, 0.05) is 36.3 Å². The van der Waals surface area contributed by atoms with Gasteiger partial charge in [-0.3, -0.25) is 9.59 Å². The predicted octanol–water partition coefficient (Wildman–Crippen LogP) is 1.25. The molecule has 4 nitrogen and oxygen atoms in total. The van der Waals surface area contributed by atoms with E-state index in [9.17, 15) is 14.7 Å². The van der Waals surface area contributed by atoms with Crippen LogP contribution in [0.5, 0.6) is 0 Å². The summed E-state index contributed by atoms with van der Waals surface area (Å²) in [6.45, 7) is 1.91. The van der Waals surface area contributed by atoms with Crippen LogP contribution in [-0.2, 0) is 9.59 Å². The number of rotatable bonds is 2. The maximum atomic E-state index is 12.5. The molecule has 104 valence electrons. The number of carbonyl (C=O) groups excluding carboxylic acids is 2. The zero-order chi connectivity index (χ0) is 13.7. The third-order valence-electron chi connectivity index (χ3n) is 4.86. The van der Waals surface area contributed by atoms with Gasteiger partial charge in [0.25, 0.3) is 5.91 Å². The highest BCUT2D eigenvalue weighted by Crippen LogP contribution is 2.46. The van der Waals surface area contributed by atoms with Crippen molar-refractivity contribution in [3.63, 3.8) is 0 Å². The standard InChI is InChI=1S/C14H18ClNO3/c1-7-9(4-5-15)14(19)16-11-6-8(17)2-3-10(11)13(18)12(7)16/h10-13,18H,2-6H2,1H3/t10-,11+,12+,13?/m0/s1. The molecule has 1 amide bonds. The largest absolute Gasteiger partial charge is 0.390 e. The summed E-state index contributed by atoms with van der Waals surface area (Å²) < 4.78 is 0. The fourth-order valence-corrected chi connectivity index (χ4v) is 4.15. The second-order valence-electron chi connectivity index (χ2n) is 5.76. The Bertz CT molecular complexity index is 473. The lowest BCUT2D eigenvalue weighted by atomic mass is 9.81. The SMILES string of the molecule is CC1=C(CCCl)C(=O)N2[C@H]1C(O)[C@H]1CCC(=O)C[C@H]12. The van der Waals surface area contributed by atoms with Crippen LogP contribution in [0.4, 0.5) is 0 Å². The number of ketones is 1. The quantitative estimate of drug-likeness (QED) is 0.776. The van der Waals surface area contributed by atoms with Crippen molar-refractivity contribution in [2.45, 2.75) is 50.8 Å². The Kier molecular flexibility index (Phi) is 3.18. The van der Waals surface area contributed by atoms with E-state index in [0.717, 1.165) is 11.1 Å². The number of Topliss-reactive ketones (excluding diaryl/α,β-unsaturated/α-hetero) is 1. The van der Waals surface area contributed by atoms with Crippen LogP contribution in [0.15, 0.2) is 11.1 Å². The first-order valence-electron chi connectivity index (χ1n) is 6.84. The number of amides is 1. The minimum Gasteiger partial charge on any atom is -0.390 e. The number of aliphatic hydroxyl groups is 1. The topological polar surface area (TPSA) is 57.6 Å². The molecule has 1 unspecified atom stereocenters. The third kappa shape index (κ3) is 1.77. The Hall–Kier alpha value is -0.870. The lowest BCUT2D eigenvalue weighted by Crippen LogP contribution is -2.42. The number of carbonyl (C=O) groups is 2. The molecule has 2 aliphatic heterocycles. The van der Waals surface area contributed by atoms with E-state index in [0.29, 0.717) is 31.6 Å². The summed E-state index contributed by atoms with van der Waals surface area (Å²) in [5.74, 6) is 0.635. The van der Waals surface area contributed by atoms with Gasteiger partial charge in [0.2, 0.25) is 0 Å². The van der Waals surface area contributed by atoms with E-state index in [1.807, 2.05) is 6.92 Å². The van der Waals surface area contributed by atoms with E-state index >= 15 is 0 Å². The van der Waals surface area contributed by atoms with Crippen molar-refractivity contribution in [1.82, 2.24) is 4.90 Å². The van der Waals surface area contributed by atoms with Crippen LogP contribution in [0.25, 0.3) is 0 Å². The van der Waals surface area contributed by atoms with E-state index in [1.54, 1.807) is 4.90 Å². The van der Waals surface area contributed by atoms with Crippen molar-refractivity contribution < 1.29 is 14.7 Å². The van der Waals surface area contributed by atoms with Gasteiger partial charge in [-0.1, -0.05) is 0 Å². The van der Waals surface area contributed by atoms with Gasteiger partial charge in [0.05, 0.1) is 12.1 Å². The maximum Gasteiger partial charge on any atom is 0.250 e. The van der Waals surface area contributed by atoms with Crippen molar-refractivity contribution in [3.05, 3.63) is 11.1 Å². The van der Waals surface area contributed by atoms with Gasteiger partial charge >= 0.3 is 0 Å². The molecular formula is C14H18ClNO3. The maximum absolute atomic E-state index is 12.5. The fourth-order valence-electron chi connectivity index (χ4n) is 3.96. The summed E-state index contributed by atoms with van der Waals surface area (Å²) in [6, 6.07) is -0.344. The van der Waals surface area contributed by atoms with Crippen LogP contribution < -0.4 is 0 Å². The van der Waals surface area contributed by atoms with Crippen molar-refractivity contribution in [2.24, 2.45) is 5.92 Å². The highest BCUT2D eigenvalue weighted by Gasteiger charge is 2.56. The van der Waals surface area contributed by atoms with Gasteiger partial charge in [-0.05, 0) is 25.3 Å². The molecule has 0 spiro atoms. The third-order valence-corrected chi connectivity index (χ3v) is 5.05. The average molecular weight is 284 g/mol. The molecule has 1 saturated carbocycles. The molecule has 4 atom stereocenters. The highest BCUT2D eigenvalue weighted by molar-refractivity contribution is 6.18. The summed E-state index contributed by atoms with van der Waals surface area (Å²) in [5.41, 5.74) is 1.68. The zero-order valence-electron chi connectivity index (χ0n) is 10.9. The molecule has 0 aromatic carbocycles. The summed E-state index contributed by atoms with van der Waals surface area (Å²) in [4.78, 5) is 25.9. The smallest absolute Gasteiger partial charge is 0.250 e. The Morgan fingerprint density at radius 2 is 2.16 bits per heavy atom. The molecule has 0 aromatic rings. The summed E-state index contributed by atoms with van der Waals surface area (Å²) in [6.07, 6.45) is 1.63. The predicted molar refractivity (Wildman–Crippen MR) is 70.8 cm³/mol. The molecular weight excluding hydrogens is 266 g/mol. The van der Waals surface area contributed by atoms with E-state index in [2.05, 4.69) is 0 Å². The van der Waals surface area contributed by atoms with Crippen molar-refractivity contribution in [3.8, 4) is 0 Å². The van der Waals surface area contributed by atoms with Crippen LogP contribution in [0.2, 0.25) is 0 Å². The van der Waals surface area contributed by atoms with Crippen LogP contribution >= 0.6 is 11.6 Å². The number of hydrogen-bond donors (Lipinski definition) is 1. The minimum absolute atomic E-state index is 0.0237. The Morgan fingerprint density at radius 1 is 1.42 bits per heavy atom. The lowest BCUT2D eigenvalue weighted by Gasteiger charge is -2.30. The second kappa shape index (κ2) is 4.60. The Labute approximate surface area is 117 Å². The fraction of sp³-hybridized carbons (Fsp3) is 0.714. The molecule has 3 aliphatic rings. The van der Waals surface area contributed by atoms with Crippen LogP contribution in [0.3, 0.4) is 0 Å². The summed E-state index contributed by atoms with van der Waals surface area (Å²) in [7, 11) is 0. The molecule has 0 radical (unpaired) electrons. The number of fused-ring (bicyclic) bond motifs is 3. The van der Waals surface area contributed by atoms with E-state index in [-0.39, 0.29) is 29.7 Å². The van der Waals surface area contributed by atoms with Crippen LogP contribution in [-0.4, -0.2) is 45.8 Å². The molecule has 1 N–H and O–H groups in total. The Balaban J connectivity index is 1.95. The van der Waals surface area contributed by atoms with Gasteiger partial charge in [-0.25, -0.2) is 0 Å². The summed E-state index contributed by atoms with van der Waals surface area (Å²) in [5, 5.41) is 10.5. The molecule has 5 heteroatoms. The molecule has 2 heterocycles. The number of halogens is 1. The number of aliphatic hydroxyl groups excluding tert-OH is 1. The lowest BCUT2D eigenvalue weighted by molar-refractivity contribution is -0.130. The molecule has 1 aliphatic carbocycles. The first-order chi connectivity index (χ1) is 9.06. The molecule has 0 bridgehead atoms. The molecule has 2 fully saturated rings. The average Bonchev–Trinajstić information content (AvgIpc) is 2.79. The number of alkyl halides is 1. The van der Waals surface area contributed by atoms with Crippen molar-refractivity contribution >= 4 is 23.3 Å². The van der Waals surface area contributed by atoms with E-state index < -0.39 is 6.10 Å². The van der Waals surface area contributed by atoms with Crippen molar-refractivity contribution in [1.29, 1.82) is 0 Å². The zero-order valence-corrected chi connectivity index (χ0v) is 11.7. The molecule has 3 rings (SSSR count). The molecule has 19 heavy (non-hydrogen) atoms. The van der Waals surface area contributed by atoms with Gasteiger partial charge in [-0.15, -0.1) is 11.6 Å². The first-order valence-corrected chi connectivity index (χ1v) is 7.37. The number of nitrogens with zero attached hydrogens (tertiary/aromatic N) is 1. The van der Waals surface area contributed by atoms with E-state index in [1.165, 1.54) is 0 Å². The first kappa shape index (κ1) is 13.1. The van der Waals surface area contributed by atoms with Gasteiger partial charge in [0.1, 0.15) is 5.78 Å². The highest BCUT2D eigenvalue weighted by atomic mass is 35.5. The summed E-state index contributed by atoms with van der Waals surface area (Å²) >= 11 is 5.74. The van der Waals surface area contributed by atoms with Gasteiger partial charge in [0.15, 0.2) is 0 Å². The van der Waals surface area contributed by atoms with Crippen LogP contribution in [0.1, 0.15) is 32.6 Å². The second-order valence-corrected chi connectivity index (χ2v) is 6.14. The monoisotopic (exact) mass is 283 g/mol. The Morgan fingerprint density at radius 3 is 2.84 bits per heavy atom. The normalized spacial score (nSPS) is 37.9. The van der Waals surface area contributed by atoms with Crippen LogP contribution in [0, 0.1) is 5.92 Å². The van der Waals surface area contributed by atoms with E-state index in [4.69, 9.17) is 11.6 Å². The van der Waals surface area contributed by atoms with Crippen molar-refractivity contribution in [2.75, 3.05) is 5.88 Å². The minimum atomic E-state index is -0.533. The van der Waals surface area contributed by atoms with Gasteiger partial charge in [-0.2, -0.15) is 0 Å². The van der Waals surface area contributed by atoms with Gasteiger partial charge < -0.3 is 10.0 Å².